The summed E-state index contributed by atoms with van der Waals surface area (Å²) in [6.07, 6.45) is 14.8. The summed E-state index contributed by atoms with van der Waals surface area (Å²) in [5.41, 5.74) is 11.6. The van der Waals surface area contributed by atoms with Crippen LogP contribution in [-0.4, -0.2) is 205 Å². The van der Waals surface area contributed by atoms with Crippen molar-refractivity contribution in [3.05, 3.63) is 309 Å². The molecule has 0 spiro atoms. The Kier molecular flexibility index (Phi) is 29.7. The highest BCUT2D eigenvalue weighted by Gasteiger charge is 2.48. The molecule has 2 aliphatic carbocycles. The molecule has 3 aliphatic rings. The lowest BCUT2D eigenvalue weighted by Crippen LogP contribution is -2.54. The highest BCUT2D eigenvalue weighted by molar-refractivity contribution is 6.39. The van der Waals surface area contributed by atoms with Crippen molar-refractivity contribution in [1.82, 2.24) is 115 Å². The minimum atomic E-state index is -2.78. The monoisotopic (exact) mass is 2020 g/mol. The summed E-state index contributed by atoms with van der Waals surface area (Å²) in [6.45, 7) is 24.4. The molecule has 0 radical (unpaired) electrons. The third-order valence-corrected chi connectivity index (χ3v) is 28.4. The van der Waals surface area contributed by atoms with E-state index in [4.69, 9.17) is 75.1 Å². The third-order valence-electron chi connectivity index (χ3n) is 26.8. The molecule has 16 aromatic rings. The van der Waals surface area contributed by atoms with Crippen LogP contribution in [0.2, 0.25) is 20.1 Å². The molecule has 2 saturated carbocycles. The molecule has 0 amide bonds. The Balaban J connectivity index is 0.000000137. The van der Waals surface area contributed by atoms with Crippen molar-refractivity contribution in [2.75, 3.05) is 68.8 Å². The van der Waals surface area contributed by atoms with Gasteiger partial charge >= 0.3 is 0 Å². The molecule has 0 bridgehead atoms. The summed E-state index contributed by atoms with van der Waals surface area (Å²) in [7, 11) is 16.8. The van der Waals surface area contributed by atoms with E-state index in [1.165, 1.54) is 55.0 Å². The first-order valence-electron chi connectivity index (χ1n) is 46.5. The minimum absolute atomic E-state index is 0.176. The van der Waals surface area contributed by atoms with Crippen LogP contribution in [0.1, 0.15) is 174 Å². The zero-order chi connectivity index (χ0) is 102. The number of benzene rings is 4. The Morgan fingerprint density at radius 1 is 0.427 bits per heavy atom. The van der Waals surface area contributed by atoms with E-state index < -0.39 is 41.4 Å². The zero-order valence-corrected chi connectivity index (χ0v) is 85.9. The SMILES string of the molecule is C=C(c1c(OC)nc2ccc(C(O)(c3ccc(C)nc3C)c3cnnn3C)cc2c1Cl)N(C)C.C=C(c1c(OC)nc2ccc(C(O)(c3ccc(C)nc3C)c3cnnn3C)cc2c1Cl)N1CC(F)(F)C1.COc1nc2ccc(C(O)(c3ccc(C)nc3C)c3cnnn3C)cc2c(Cl)c1CNCC1CC1.COc1nc2ccc(C(O)(c3ccc(C)nc3C)c3cnnn3C)cc2c(Cl)c1OCC1CCCCC1. The molecule has 12 aromatic heterocycles. The van der Waals surface area contributed by atoms with Gasteiger partial charge in [-0.05, 0) is 195 Å². The number of likely N-dealkylation sites (tertiary alicyclic amines) is 1. The van der Waals surface area contributed by atoms with Crippen LogP contribution in [0.15, 0.2) is 159 Å². The average molecular weight is 2020 g/mol. The van der Waals surface area contributed by atoms with E-state index in [9.17, 15) is 29.2 Å². The smallest absolute Gasteiger partial charge is 0.282 e. The molecule has 32 nitrogen and oxygen atoms in total. The summed E-state index contributed by atoms with van der Waals surface area (Å²) in [4.78, 5) is 40.2. The molecule has 4 unspecified atom stereocenters. The fraction of sp³-hybridized carbons (Fsp3) is 0.352. The van der Waals surface area contributed by atoms with Crippen molar-refractivity contribution in [2.24, 2.45) is 40.0 Å². The van der Waals surface area contributed by atoms with E-state index >= 15 is 0 Å². The van der Waals surface area contributed by atoms with Gasteiger partial charge in [-0.1, -0.05) is 148 Å². The van der Waals surface area contributed by atoms with Crippen LogP contribution in [0.3, 0.4) is 0 Å². The predicted molar refractivity (Wildman–Crippen MR) is 545 cm³/mol. The first kappa shape index (κ1) is 102. The number of aromatic nitrogens is 20. The second kappa shape index (κ2) is 41.5. The van der Waals surface area contributed by atoms with Gasteiger partial charge in [0.15, 0.2) is 22.4 Å². The maximum absolute atomic E-state index is 13.6. The van der Waals surface area contributed by atoms with Crippen LogP contribution in [0, 0.1) is 67.2 Å². The largest absolute Gasteiger partial charge is 0.486 e. The molecule has 1 saturated heterocycles. The summed E-state index contributed by atoms with van der Waals surface area (Å²) < 4.78 is 61.6. The Labute approximate surface area is 846 Å². The minimum Gasteiger partial charge on any atom is -0.486 e. The lowest BCUT2D eigenvalue weighted by Gasteiger charge is -2.41. The van der Waals surface area contributed by atoms with Gasteiger partial charge in [0.1, 0.15) is 0 Å². The van der Waals surface area contributed by atoms with Crippen molar-refractivity contribution in [3.8, 4) is 29.3 Å². The number of rotatable bonds is 27. The number of alkyl halides is 2. The number of halogens is 6. The molecule has 4 atom stereocenters. The summed E-state index contributed by atoms with van der Waals surface area (Å²) in [6, 6.07) is 36.7. The summed E-state index contributed by atoms with van der Waals surface area (Å²) in [5, 5.41) is 89.3. The number of nitrogens with zero attached hydrogens (tertiary/aromatic N) is 22. The van der Waals surface area contributed by atoms with Gasteiger partial charge < -0.3 is 59.2 Å². The number of pyridine rings is 8. The maximum Gasteiger partial charge on any atom is 0.282 e. The number of fused-ring (bicyclic) bond motifs is 4. The van der Waals surface area contributed by atoms with Crippen LogP contribution >= 0.6 is 46.4 Å². The van der Waals surface area contributed by atoms with Gasteiger partial charge in [0, 0.05) is 155 Å². The van der Waals surface area contributed by atoms with E-state index in [1.54, 1.807) is 100 Å². The van der Waals surface area contributed by atoms with Gasteiger partial charge in [0.2, 0.25) is 23.4 Å². The van der Waals surface area contributed by atoms with Gasteiger partial charge in [-0.15, -0.1) is 20.4 Å². The highest BCUT2D eigenvalue weighted by Crippen LogP contribution is 2.50. The van der Waals surface area contributed by atoms with Crippen molar-refractivity contribution in [3.63, 3.8) is 0 Å². The molecule has 5 N–H and O–H groups in total. The summed E-state index contributed by atoms with van der Waals surface area (Å²) >= 11 is 27.7. The lowest BCUT2D eigenvalue weighted by molar-refractivity contribution is -0.105. The van der Waals surface area contributed by atoms with Crippen LogP contribution in [0.4, 0.5) is 8.78 Å². The van der Waals surface area contributed by atoms with Crippen LogP contribution in [0.5, 0.6) is 29.3 Å². The normalized spacial score (nSPS) is 15.3. The fourth-order valence-electron chi connectivity index (χ4n) is 19.0. The van der Waals surface area contributed by atoms with E-state index in [1.807, 2.05) is 178 Å². The number of methoxy groups -OCH3 is 4. The molecule has 3 fully saturated rings. The quantitative estimate of drug-likeness (QED) is 0.0319. The number of aliphatic hydroxyl groups is 4. The average Bonchev–Trinajstić information content (AvgIpc) is 1.73. The van der Waals surface area contributed by atoms with Crippen molar-refractivity contribution < 1.29 is 52.9 Å². The highest BCUT2D eigenvalue weighted by atomic mass is 35.5. The van der Waals surface area contributed by atoms with E-state index in [0.29, 0.717) is 197 Å². The number of hydrogen-bond donors (Lipinski definition) is 5. The Bertz CT molecular complexity index is 7550. The number of hydrogen-bond acceptors (Lipinski definition) is 28. The van der Waals surface area contributed by atoms with Gasteiger partial charge in [-0.2, -0.15) is 0 Å². The molecular weight excluding hydrogens is 1910 g/mol. The Hall–Kier alpha value is -13.4. The van der Waals surface area contributed by atoms with E-state index in [0.717, 1.165) is 64.7 Å². The molecule has 143 heavy (non-hydrogen) atoms. The Morgan fingerprint density at radius 2 is 0.755 bits per heavy atom. The second-order valence-electron chi connectivity index (χ2n) is 36.8. The number of aryl methyl sites for hydroxylation is 12. The van der Waals surface area contributed by atoms with Crippen molar-refractivity contribution in [1.29, 1.82) is 0 Å². The standard InChI is InChI=1S/C28H32ClN5O3.C26H25ClF2N6O2.C26H29ClN6O2.C25H27ClN6O2/c1-17-10-12-22(18(2)31-17)28(35,24-15-30-33-34(24)3)20-11-13-23-21(14-20)25(29)26(27(32-23)36-4)37-16-19-8-6-5-7-9-19;1-14-6-8-19(15(2)31-14)26(36,21-11-30-33-34(21)4)17-7-9-20-18(10-17)23(27)22(24(32-20)37-5)16(3)35-12-25(28,29)13-35;1-15-5-9-21(16(2)30-15)26(34,23-14-29-32-33(23)3)18-8-10-22-19(11-18)24(27)20(25(31-22)35-4)13-28-12-17-6-7-17;1-14-8-10-19(15(2)28-14)25(33,21-13-27-30-32(21)6)17-9-11-20-18(12-17)23(26)22(16(3)31(4)5)24(29-20)34-7/h10-15,19,35H,5-9,16H2,1-4H3;6-11,36H,3,12-13H2,1-2,4-5H3;5,8-11,14,17,28,34H,6-7,12-13H2,1-4H3;8-13,33H,3H2,1-2,4-7H3. The van der Waals surface area contributed by atoms with Gasteiger partial charge in [0.05, 0.1) is 149 Å². The van der Waals surface area contributed by atoms with Crippen LogP contribution in [0.25, 0.3) is 55.0 Å². The first-order chi connectivity index (χ1) is 68.2. The van der Waals surface area contributed by atoms with E-state index in [-0.39, 0.29) is 16.6 Å². The molecule has 38 heteroatoms. The third kappa shape index (κ3) is 19.8. The number of nitrogens with one attached hydrogen (secondary N) is 1. The Morgan fingerprint density at radius 3 is 1.08 bits per heavy atom. The van der Waals surface area contributed by atoms with Gasteiger partial charge in [0.25, 0.3) is 11.8 Å². The predicted octanol–water partition coefficient (Wildman–Crippen LogP) is 17.2. The van der Waals surface area contributed by atoms with E-state index in [2.05, 4.69) is 94.6 Å². The van der Waals surface area contributed by atoms with Crippen LogP contribution in [-0.2, 0) is 57.1 Å². The maximum atomic E-state index is 13.6. The zero-order valence-electron chi connectivity index (χ0n) is 82.8. The summed E-state index contributed by atoms with van der Waals surface area (Å²) in [5.74, 6) is 0.300. The van der Waals surface area contributed by atoms with Gasteiger partial charge in [-0.3, -0.25) is 19.9 Å². The fourth-order valence-corrected chi connectivity index (χ4v) is 20.3. The molecule has 13 heterocycles. The van der Waals surface area contributed by atoms with Gasteiger partial charge in [-0.25, -0.2) is 47.4 Å². The van der Waals surface area contributed by atoms with Crippen molar-refractivity contribution >= 4 is 101 Å². The molecule has 744 valence electrons. The lowest BCUT2D eigenvalue weighted by atomic mass is 9.82. The second-order valence-corrected chi connectivity index (χ2v) is 38.3. The topological polar surface area (TPSA) is 372 Å². The molecular formula is C105H113Cl4F2N23O9. The molecule has 1 aliphatic heterocycles. The number of ether oxygens (including phenoxy) is 5. The van der Waals surface area contributed by atoms with Crippen molar-refractivity contribution in [2.45, 2.75) is 135 Å². The molecule has 4 aromatic carbocycles. The molecule has 19 rings (SSSR count). The van der Waals surface area contributed by atoms with Crippen LogP contribution < -0.4 is 29.0 Å². The first-order valence-corrected chi connectivity index (χ1v) is 48.0.